The van der Waals surface area contributed by atoms with E-state index in [0.29, 0.717) is 6.54 Å². The van der Waals surface area contributed by atoms with E-state index in [2.05, 4.69) is 28.1 Å². The van der Waals surface area contributed by atoms with Crippen molar-refractivity contribution < 1.29 is 10.2 Å². The molecular weight excluding hydrogens is 254 g/mol. The van der Waals surface area contributed by atoms with Crippen LogP contribution in [0.4, 0.5) is 11.4 Å². The molecule has 5 heteroatoms. The van der Waals surface area contributed by atoms with Crippen molar-refractivity contribution in [3.8, 4) is 0 Å². The van der Waals surface area contributed by atoms with Crippen molar-refractivity contribution in [2.45, 2.75) is 13.0 Å². The summed E-state index contributed by atoms with van der Waals surface area (Å²) >= 11 is 0. The topological polar surface area (TPSA) is 59.0 Å². The fourth-order valence-electron chi connectivity index (χ4n) is 2.50. The predicted octanol–water partition coefficient (Wildman–Crippen LogP) is 0.594. The molecule has 2 rings (SSSR count). The number of likely N-dealkylation sites (N-methyl/N-ethyl adjacent to an activating group) is 1. The van der Waals surface area contributed by atoms with Crippen LogP contribution in [0.5, 0.6) is 0 Å². The zero-order chi connectivity index (χ0) is 14.4. The number of rotatable bonds is 6. The van der Waals surface area contributed by atoms with Crippen molar-refractivity contribution in [3.63, 3.8) is 0 Å². The summed E-state index contributed by atoms with van der Waals surface area (Å²) in [4.78, 5) is 4.82. The average Bonchev–Trinajstić information content (AvgIpc) is 2.53. The maximum Gasteiger partial charge on any atom is 0.0942 e. The van der Waals surface area contributed by atoms with Crippen LogP contribution < -0.4 is 10.2 Å². The Balaban J connectivity index is 2.00. The zero-order valence-electron chi connectivity index (χ0n) is 12.1. The molecule has 0 spiro atoms. The van der Waals surface area contributed by atoms with Gasteiger partial charge in [-0.3, -0.25) is 0 Å². The Hall–Kier alpha value is -1.30. The maximum atomic E-state index is 9.45. The van der Waals surface area contributed by atoms with Gasteiger partial charge in [-0.1, -0.05) is 19.1 Å². The Kier molecular flexibility index (Phi) is 5.64. The number of para-hydroxylation sites is 2. The van der Waals surface area contributed by atoms with E-state index < -0.39 is 6.10 Å². The predicted molar refractivity (Wildman–Crippen MR) is 82.4 cm³/mol. The van der Waals surface area contributed by atoms with Crippen LogP contribution in [0.25, 0.3) is 0 Å². The van der Waals surface area contributed by atoms with Crippen LogP contribution in [0.1, 0.15) is 6.92 Å². The molecule has 1 saturated heterocycles. The highest BCUT2D eigenvalue weighted by molar-refractivity contribution is 5.70. The van der Waals surface area contributed by atoms with E-state index >= 15 is 0 Å². The lowest BCUT2D eigenvalue weighted by atomic mass is 10.2. The number of nitrogens with zero attached hydrogens (tertiary/aromatic N) is 2. The molecule has 0 saturated carbocycles. The molecule has 1 aromatic rings. The lowest BCUT2D eigenvalue weighted by Crippen LogP contribution is -2.46. The van der Waals surface area contributed by atoms with Gasteiger partial charge in [0.2, 0.25) is 0 Å². The summed E-state index contributed by atoms with van der Waals surface area (Å²) in [5, 5.41) is 21.6. The monoisotopic (exact) mass is 279 g/mol. The summed E-state index contributed by atoms with van der Waals surface area (Å²) in [6, 6.07) is 8.15. The zero-order valence-corrected chi connectivity index (χ0v) is 12.1. The van der Waals surface area contributed by atoms with Gasteiger partial charge in [0.25, 0.3) is 0 Å². The number of aliphatic hydroxyl groups excluding tert-OH is 2. The number of anilines is 2. The lowest BCUT2D eigenvalue weighted by Gasteiger charge is -2.36. The minimum atomic E-state index is -0.722. The van der Waals surface area contributed by atoms with Crippen molar-refractivity contribution in [3.05, 3.63) is 24.3 Å². The smallest absolute Gasteiger partial charge is 0.0942 e. The summed E-state index contributed by atoms with van der Waals surface area (Å²) in [5.41, 5.74) is 2.19. The average molecular weight is 279 g/mol. The fourth-order valence-corrected chi connectivity index (χ4v) is 2.50. The first-order chi connectivity index (χ1) is 9.74. The van der Waals surface area contributed by atoms with E-state index in [-0.39, 0.29) is 6.61 Å². The van der Waals surface area contributed by atoms with Gasteiger partial charge in [-0.05, 0) is 18.7 Å². The van der Waals surface area contributed by atoms with Crippen molar-refractivity contribution in [1.82, 2.24) is 4.90 Å². The summed E-state index contributed by atoms with van der Waals surface area (Å²) < 4.78 is 0. The third-order valence-corrected chi connectivity index (χ3v) is 3.80. The summed E-state index contributed by atoms with van der Waals surface area (Å²) in [6.07, 6.45) is -0.722. The second-order valence-electron chi connectivity index (χ2n) is 5.16. The van der Waals surface area contributed by atoms with Gasteiger partial charge in [0.1, 0.15) is 0 Å². The molecular formula is C15H25N3O2. The van der Waals surface area contributed by atoms with Crippen LogP contribution in [0, 0.1) is 0 Å². The van der Waals surface area contributed by atoms with Gasteiger partial charge in [-0.2, -0.15) is 0 Å². The van der Waals surface area contributed by atoms with Crippen molar-refractivity contribution in [2.75, 3.05) is 56.1 Å². The van der Waals surface area contributed by atoms with Crippen molar-refractivity contribution >= 4 is 11.4 Å². The second-order valence-corrected chi connectivity index (χ2v) is 5.16. The molecule has 1 heterocycles. The highest BCUT2D eigenvalue weighted by atomic mass is 16.3. The van der Waals surface area contributed by atoms with Crippen LogP contribution in [0.15, 0.2) is 24.3 Å². The second kappa shape index (κ2) is 7.47. The van der Waals surface area contributed by atoms with Gasteiger partial charge < -0.3 is 25.3 Å². The Morgan fingerprint density at radius 2 is 1.90 bits per heavy atom. The van der Waals surface area contributed by atoms with Crippen molar-refractivity contribution in [2.24, 2.45) is 0 Å². The summed E-state index contributed by atoms with van der Waals surface area (Å²) in [7, 11) is 0. The fraction of sp³-hybridized carbons (Fsp3) is 0.600. The molecule has 0 amide bonds. The van der Waals surface area contributed by atoms with Crippen LogP contribution >= 0.6 is 0 Å². The molecule has 0 bridgehead atoms. The third kappa shape index (κ3) is 3.85. The van der Waals surface area contributed by atoms with E-state index in [1.54, 1.807) is 0 Å². The molecule has 112 valence electrons. The van der Waals surface area contributed by atoms with Gasteiger partial charge in [0.05, 0.1) is 24.1 Å². The number of benzene rings is 1. The Bertz CT molecular complexity index is 406. The Morgan fingerprint density at radius 3 is 2.55 bits per heavy atom. The van der Waals surface area contributed by atoms with Crippen LogP contribution in [0.2, 0.25) is 0 Å². The lowest BCUT2D eigenvalue weighted by molar-refractivity contribution is 0.105. The Morgan fingerprint density at radius 1 is 1.20 bits per heavy atom. The molecule has 1 atom stereocenters. The minimum Gasteiger partial charge on any atom is -0.394 e. The molecule has 3 N–H and O–H groups in total. The Labute approximate surface area is 120 Å². The van der Waals surface area contributed by atoms with Gasteiger partial charge in [0, 0.05) is 32.7 Å². The first kappa shape index (κ1) is 15.1. The number of aliphatic hydroxyl groups is 2. The highest BCUT2D eigenvalue weighted by Gasteiger charge is 2.18. The van der Waals surface area contributed by atoms with Gasteiger partial charge in [-0.25, -0.2) is 0 Å². The molecule has 0 radical (unpaired) electrons. The SMILES string of the molecule is CCN1CCN(c2ccccc2NCC(O)CO)CC1. The number of piperazine rings is 1. The summed E-state index contributed by atoms with van der Waals surface area (Å²) in [5.74, 6) is 0. The molecule has 0 aliphatic carbocycles. The van der Waals surface area contributed by atoms with E-state index in [1.165, 1.54) is 5.69 Å². The summed E-state index contributed by atoms with van der Waals surface area (Å²) in [6.45, 7) is 7.67. The highest BCUT2D eigenvalue weighted by Crippen LogP contribution is 2.26. The first-order valence-corrected chi connectivity index (χ1v) is 7.33. The van der Waals surface area contributed by atoms with E-state index in [1.807, 2.05) is 18.2 Å². The maximum absolute atomic E-state index is 9.45. The van der Waals surface area contributed by atoms with Gasteiger partial charge in [-0.15, -0.1) is 0 Å². The van der Waals surface area contributed by atoms with Crippen LogP contribution in [-0.2, 0) is 0 Å². The van der Waals surface area contributed by atoms with Crippen LogP contribution in [0.3, 0.4) is 0 Å². The van der Waals surface area contributed by atoms with Gasteiger partial charge >= 0.3 is 0 Å². The molecule has 1 aliphatic heterocycles. The van der Waals surface area contributed by atoms with Gasteiger partial charge in [0.15, 0.2) is 0 Å². The number of hydrogen-bond acceptors (Lipinski definition) is 5. The molecule has 20 heavy (non-hydrogen) atoms. The standard InChI is InChI=1S/C15H25N3O2/c1-2-17-7-9-18(10-8-17)15-6-4-3-5-14(15)16-11-13(20)12-19/h3-6,13,16,19-20H,2,7-12H2,1H3. The first-order valence-electron chi connectivity index (χ1n) is 7.33. The van der Waals surface area contributed by atoms with E-state index in [4.69, 9.17) is 5.11 Å². The third-order valence-electron chi connectivity index (χ3n) is 3.80. The van der Waals surface area contributed by atoms with E-state index in [0.717, 1.165) is 38.4 Å². The van der Waals surface area contributed by atoms with Crippen LogP contribution in [-0.4, -0.2) is 67.1 Å². The number of hydrogen-bond donors (Lipinski definition) is 3. The molecule has 1 aliphatic rings. The van der Waals surface area contributed by atoms with Crippen molar-refractivity contribution in [1.29, 1.82) is 0 Å². The quantitative estimate of drug-likeness (QED) is 0.712. The molecule has 1 unspecified atom stereocenters. The molecule has 0 aromatic heterocycles. The number of nitrogens with one attached hydrogen (secondary N) is 1. The largest absolute Gasteiger partial charge is 0.394 e. The minimum absolute atomic E-state index is 0.218. The molecule has 5 nitrogen and oxygen atoms in total. The van der Waals surface area contributed by atoms with E-state index in [9.17, 15) is 5.11 Å². The normalized spacial score (nSPS) is 18.1. The molecule has 1 fully saturated rings. The molecule has 1 aromatic carbocycles.